The van der Waals surface area contributed by atoms with Crippen molar-refractivity contribution in [3.63, 3.8) is 0 Å². The first-order valence-electron chi connectivity index (χ1n) is 8.29. The standard InChI is InChI=1S/C20H16N2O5/c1-24-16-7-4-6-14(10-16)19-21-18(27-22-19)12-26-20(23)15-9-13-5-2-3-8-17(13)25-11-15/h2-10H,11-12H2,1H3. The Hall–Kier alpha value is -3.61. The van der Waals surface area contributed by atoms with E-state index in [0.29, 0.717) is 17.1 Å². The van der Waals surface area contributed by atoms with Gasteiger partial charge in [0.25, 0.3) is 5.89 Å². The number of carbonyl (C=O) groups is 1. The van der Waals surface area contributed by atoms with Crippen molar-refractivity contribution >= 4 is 12.0 Å². The highest BCUT2D eigenvalue weighted by Crippen LogP contribution is 2.26. The summed E-state index contributed by atoms with van der Waals surface area (Å²) in [7, 11) is 1.59. The summed E-state index contributed by atoms with van der Waals surface area (Å²) in [6.07, 6.45) is 1.76. The van der Waals surface area contributed by atoms with Gasteiger partial charge in [0.05, 0.1) is 12.7 Å². The van der Waals surface area contributed by atoms with Crippen molar-refractivity contribution in [1.82, 2.24) is 10.1 Å². The highest BCUT2D eigenvalue weighted by molar-refractivity contribution is 5.95. The number of carbonyl (C=O) groups excluding carboxylic acids is 1. The number of ether oxygens (including phenoxy) is 3. The number of fused-ring (bicyclic) bond motifs is 1. The summed E-state index contributed by atoms with van der Waals surface area (Å²) in [6.45, 7) is 0.0452. The molecule has 0 fully saturated rings. The number of hydrogen-bond donors (Lipinski definition) is 0. The van der Waals surface area contributed by atoms with Gasteiger partial charge in [0.15, 0.2) is 6.61 Å². The minimum atomic E-state index is -0.481. The Kier molecular flexibility index (Phi) is 4.57. The summed E-state index contributed by atoms with van der Waals surface area (Å²) in [4.78, 5) is 16.5. The van der Waals surface area contributed by atoms with Gasteiger partial charge in [-0.15, -0.1) is 0 Å². The summed E-state index contributed by atoms with van der Waals surface area (Å²) in [6, 6.07) is 14.8. The molecule has 0 saturated carbocycles. The second-order valence-corrected chi connectivity index (χ2v) is 5.82. The molecule has 3 aromatic rings. The Morgan fingerprint density at radius 2 is 2.07 bits per heavy atom. The van der Waals surface area contributed by atoms with Crippen LogP contribution in [0.15, 0.2) is 58.6 Å². The molecular formula is C20H16N2O5. The van der Waals surface area contributed by atoms with Gasteiger partial charge in [-0.05, 0) is 24.3 Å². The Balaban J connectivity index is 1.42. The first-order chi connectivity index (χ1) is 13.2. The number of nitrogens with zero attached hydrogens (tertiary/aromatic N) is 2. The number of aromatic nitrogens is 2. The molecule has 27 heavy (non-hydrogen) atoms. The van der Waals surface area contributed by atoms with Gasteiger partial charge in [-0.25, -0.2) is 4.79 Å². The van der Waals surface area contributed by atoms with E-state index in [2.05, 4.69) is 10.1 Å². The zero-order valence-corrected chi connectivity index (χ0v) is 14.5. The second kappa shape index (κ2) is 7.33. The van der Waals surface area contributed by atoms with Crippen molar-refractivity contribution in [1.29, 1.82) is 0 Å². The van der Waals surface area contributed by atoms with Crippen molar-refractivity contribution in [3.05, 3.63) is 65.6 Å². The predicted octanol–water partition coefficient (Wildman–Crippen LogP) is 3.26. The number of esters is 1. The lowest BCUT2D eigenvalue weighted by atomic mass is 10.1. The maximum Gasteiger partial charge on any atom is 0.338 e. The van der Waals surface area contributed by atoms with Crippen LogP contribution >= 0.6 is 0 Å². The number of methoxy groups -OCH3 is 1. The molecule has 1 aliphatic rings. The smallest absolute Gasteiger partial charge is 0.338 e. The SMILES string of the molecule is COc1cccc(-c2noc(COC(=O)C3=Cc4ccccc4OC3)n2)c1. The van der Waals surface area contributed by atoms with Crippen LogP contribution in [0.5, 0.6) is 11.5 Å². The third-order valence-corrected chi connectivity index (χ3v) is 4.02. The van der Waals surface area contributed by atoms with Crippen molar-refractivity contribution < 1.29 is 23.5 Å². The molecule has 7 nitrogen and oxygen atoms in total. The number of hydrogen-bond acceptors (Lipinski definition) is 7. The average Bonchev–Trinajstić information content (AvgIpc) is 3.21. The highest BCUT2D eigenvalue weighted by Gasteiger charge is 2.19. The van der Waals surface area contributed by atoms with Gasteiger partial charge < -0.3 is 18.7 Å². The number of rotatable bonds is 5. The van der Waals surface area contributed by atoms with Crippen molar-refractivity contribution in [3.8, 4) is 22.9 Å². The average molecular weight is 364 g/mol. The molecule has 2 aromatic carbocycles. The molecule has 0 unspecified atom stereocenters. The third-order valence-electron chi connectivity index (χ3n) is 4.02. The molecule has 4 rings (SSSR count). The van der Waals surface area contributed by atoms with Crippen LogP contribution in [0.3, 0.4) is 0 Å². The topological polar surface area (TPSA) is 83.7 Å². The molecule has 0 amide bonds. The lowest BCUT2D eigenvalue weighted by molar-refractivity contribution is -0.141. The molecule has 0 radical (unpaired) electrons. The Morgan fingerprint density at radius 1 is 1.19 bits per heavy atom. The Labute approximate surface area is 155 Å². The monoisotopic (exact) mass is 364 g/mol. The summed E-state index contributed by atoms with van der Waals surface area (Å²) < 4.78 is 21.2. The normalized spacial score (nSPS) is 12.6. The molecule has 0 spiro atoms. The summed E-state index contributed by atoms with van der Waals surface area (Å²) in [5.41, 5.74) is 2.02. The van der Waals surface area contributed by atoms with Gasteiger partial charge in [-0.3, -0.25) is 0 Å². The van der Waals surface area contributed by atoms with Crippen LogP contribution in [-0.4, -0.2) is 29.8 Å². The highest BCUT2D eigenvalue weighted by atomic mass is 16.6. The minimum absolute atomic E-state index is 0.116. The van der Waals surface area contributed by atoms with Crippen LogP contribution in [0, 0.1) is 0 Å². The molecule has 7 heteroatoms. The fourth-order valence-corrected chi connectivity index (χ4v) is 2.65. The quantitative estimate of drug-likeness (QED) is 0.643. The van der Waals surface area contributed by atoms with Gasteiger partial charge in [0, 0.05) is 11.1 Å². The molecule has 0 saturated heterocycles. The van der Waals surface area contributed by atoms with E-state index >= 15 is 0 Å². The first kappa shape index (κ1) is 16.8. The van der Waals surface area contributed by atoms with Crippen LogP contribution in [0.4, 0.5) is 0 Å². The maximum atomic E-state index is 12.3. The van der Waals surface area contributed by atoms with Crippen molar-refractivity contribution in [2.24, 2.45) is 0 Å². The van der Waals surface area contributed by atoms with E-state index in [9.17, 15) is 4.79 Å². The molecule has 136 valence electrons. The zero-order chi connectivity index (χ0) is 18.6. The first-order valence-corrected chi connectivity index (χ1v) is 8.29. The van der Waals surface area contributed by atoms with Gasteiger partial charge in [0.1, 0.15) is 18.1 Å². The van der Waals surface area contributed by atoms with Gasteiger partial charge in [0.2, 0.25) is 5.82 Å². The fourth-order valence-electron chi connectivity index (χ4n) is 2.65. The van der Waals surface area contributed by atoms with E-state index in [0.717, 1.165) is 16.9 Å². The summed E-state index contributed by atoms with van der Waals surface area (Å²) in [5, 5.41) is 3.91. The Morgan fingerprint density at radius 3 is 2.96 bits per heavy atom. The van der Waals surface area contributed by atoms with E-state index in [1.54, 1.807) is 19.3 Å². The summed E-state index contributed by atoms with van der Waals surface area (Å²) >= 11 is 0. The van der Waals surface area contributed by atoms with Crippen LogP contribution in [0.1, 0.15) is 11.5 Å². The van der Waals surface area contributed by atoms with Crippen LogP contribution < -0.4 is 9.47 Å². The van der Waals surface area contributed by atoms with Crippen LogP contribution in [-0.2, 0) is 16.1 Å². The minimum Gasteiger partial charge on any atom is -0.497 e. The van der Waals surface area contributed by atoms with E-state index in [1.165, 1.54) is 0 Å². The van der Waals surface area contributed by atoms with E-state index in [1.807, 2.05) is 42.5 Å². The van der Waals surface area contributed by atoms with Gasteiger partial charge >= 0.3 is 5.97 Å². The van der Waals surface area contributed by atoms with E-state index in [4.69, 9.17) is 18.7 Å². The largest absolute Gasteiger partial charge is 0.497 e. The van der Waals surface area contributed by atoms with E-state index < -0.39 is 5.97 Å². The van der Waals surface area contributed by atoms with Crippen LogP contribution in [0.2, 0.25) is 0 Å². The Bertz CT molecular complexity index is 1010. The second-order valence-electron chi connectivity index (χ2n) is 5.82. The van der Waals surface area contributed by atoms with Crippen molar-refractivity contribution in [2.75, 3.05) is 13.7 Å². The van der Waals surface area contributed by atoms with Crippen molar-refractivity contribution in [2.45, 2.75) is 6.61 Å². The third kappa shape index (κ3) is 3.67. The fraction of sp³-hybridized carbons (Fsp3) is 0.150. The zero-order valence-electron chi connectivity index (χ0n) is 14.5. The lowest BCUT2D eigenvalue weighted by Gasteiger charge is -2.16. The molecule has 0 N–H and O–H groups in total. The predicted molar refractivity (Wildman–Crippen MR) is 96.0 cm³/mol. The molecule has 0 aliphatic carbocycles. The molecule has 0 atom stereocenters. The van der Waals surface area contributed by atoms with Gasteiger partial charge in [-0.1, -0.05) is 35.5 Å². The molecule has 1 aliphatic heterocycles. The number of benzene rings is 2. The van der Waals surface area contributed by atoms with Crippen LogP contribution in [0.25, 0.3) is 17.5 Å². The van der Waals surface area contributed by atoms with E-state index in [-0.39, 0.29) is 19.1 Å². The maximum absolute atomic E-state index is 12.3. The lowest BCUT2D eigenvalue weighted by Crippen LogP contribution is -2.17. The molecule has 0 bridgehead atoms. The van der Waals surface area contributed by atoms with Gasteiger partial charge in [-0.2, -0.15) is 4.98 Å². The number of para-hydroxylation sites is 1. The molecule has 2 heterocycles. The molecular weight excluding hydrogens is 348 g/mol. The summed E-state index contributed by atoms with van der Waals surface area (Å²) in [5.74, 6) is 1.56. The molecule has 1 aromatic heterocycles.